The summed E-state index contributed by atoms with van der Waals surface area (Å²) in [5.74, 6) is 0. The monoisotopic (exact) mass is 124 g/mol. The summed E-state index contributed by atoms with van der Waals surface area (Å²) >= 11 is 0. The quantitative estimate of drug-likeness (QED) is 0.435. The Kier molecular flexibility index (Phi) is 1.94. The van der Waals surface area contributed by atoms with E-state index in [9.17, 15) is 0 Å². The van der Waals surface area contributed by atoms with Crippen LogP contribution in [0.1, 0.15) is 39.5 Å². The van der Waals surface area contributed by atoms with E-state index in [0.717, 1.165) is 0 Å². The van der Waals surface area contributed by atoms with Crippen molar-refractivity contribution in [3.05, 3.63) is 12.2 Å². The van der Waals surface area contributed by atoms with Crippen LogP contribution in [-0.4, -0.2) is 0 Å². The largest absolute Gasteiger partial charge is 0.0885 e. The first-order valence-corrected chi connectivity index (χ1v) is 3.86. The van der Waals surface area contributed by atoms with E-state index < -0.39 is 0 Å². The van der Waals surface area contributed by atoms with Gasteiger partial charge < -0.3 is 0 Å². The molecule has 1 aliphatic rings. The molecule has 52 valence electrons. The highest BCUT2D eigenvalue weighted by Gasteiger charge is 2.16. The molecule has 0 unspecified atom stereocenters. The lowest BCUT2D eigenvalue weighted by Crippen LogP contribution is -2.08. The lowest BCUT2D eigenvalue weighted by molar-refractivity contribution is 0.319. The molecule has 1 aliphatic carbocycles. The summed E-state index contributed by atoms with van der Waals surface area (Å²) in [7, 11) is 0. The van der Waals surface area contributed by atoms with Gasteiger partial charge in [-0.15, -0.1) is 0 Å². The molecule has 0 radical (unpaired) electrons. The van der Waals surface area contributed by atoms with Crippen molar-refractivity contribution in [1.82, 2.24) is 0 Å². The fraction of sp³-hybridized carbons (Fsp3) is 0.778. The van der Waals surface area contributed by atoms with Crippen molar-refractivity contribution in [2.45, 2.75) is 39.5 Å². The van der Waals surface area contributed by atoms with Gasteiger partial charge in [0, 0.05) is 0 Å². The Morgan fingerprint density at radius 2 is 1.44 bits per heavy atom. The SMILES string of the molecule is CC1(C)CCC=CCC1. The van der Waals surface area contributed by atoms with Gasteiger partial charge in [0.25, 0.3) is 0 Å². The first kappa shape index (κ1) is 6.85. The molecule has 0 heterocycles. The molecule has 0 fully saturated rings. The second-order valence-electron chi connectivity index (χ2n) is 3.71. The van der Waals surface area contributed by atoms with Gasteiger partial charge in [-0.1, -0.05) is 26.0 Å². The maximum atomic E-state index is 2.36. The smallest absolute Gasteiger partial charge is 0.0346 e. The molecule has 0 aromatic carbocycles. The molecular formula is C9H16. The second kappa shape index (κ2) is 2.55. The van der Waals surface area contributed by atoms with Crippen molar-refractivity contribution in [2.75, 3.05) is 0 Å². The Labute approximate surface area is 58.0 Å². The predicted molar refractivity (Wildman–Crippen MR) is 41.4 cm³/mol. The Bertz CT molecular complexity index is 97.2. The maximum Gasteiger partial charge on any atom is -0.0346 e. The third-order valence-electron chi connectivity index (χ3n) is 2.14. The van der Waals surface area contributed by atoms with E-state index in [-0.39, 0.29) is 0 Å². The zero-order valence-corrected chi connectivity index (χ0v) is 6.48. The fourth-order valence-corrected chi connectivity index (χ4v) is 1.31. The fourth-order valence-electron chi connectivity index (χ4n) is 1.31. The molecule has 0 spiro atoms. The summed E-state index contributed by atoms with van der Waals surface area (Å²) < 4.78 is 0. The minimum atomic E-state index is 0.601. The third-order valence-corrected chi connectivity index (χ3v) is 2.14. The first-order chi connectivity index (χ1) is 4.21. The molecule has 1 rings (SSSR count). The topological polar surface area (TPSA) is 0 Å². The first-order valence-electron chi connectivity index (χ1n) is 3.86. The van der Waals surface area contributed by atoms with Crippen LogP contribution in [0.5, 0.6) is 0 Å². The van der Waals surface area contributed by atoms with Gasteiger partial charge in [0.2, 0.25) is 0 Å². The summed E-state index contributed by atoms with van der Waals surface area (Å²) in [5, 5.41) is 0. The number of rotatable bonds is 0. The average molecular weight is 124 g/mol. The Hall–Kier alpha value is -0.260. The van der Waals surface area contributed by atoms with Crippen LogP contribution >= 0.6 is 0 Å². The third kappa shape index (κ3) is 2.21. The van der Waals surface area contributed by atoms with Gasteiger partial charge in [-0.3, -0.25) is 0 Å². The molecule has 0 amide bonds. The summed E-state index contributed by atoms with van der Waals surface area (Å²) in [5.41, 5.74) is 0.601. The van der Waals surface area contributed by atoms with Crippen molar-refractivity contribution >= 4 is 0 Å². The number of hydrogen-bond donors (Lipinski definition) is 0. The van der Waals surface area contributed by atoms with E-state index in [4.69, 9.17) is 0 Å². The average Bonchev–Trinajstić information content (AvgIpc) is 1.92. The molecule has 0 saturated heterocycles. The van der Waals surface area contributed by atoms with E-state index in [1.165, 1.54) is 25.7 Å². The summed E-state index contributed by atoms with van der Waals surface area (Å²) in [6.45, 7) is 4.72. The summed E-state index contributed by atoms with van der Waals surface area (Å²) in [4.78, 5) is 0. The van der Waals surface area contributed by atoms with Gasteiger partial charge in [-0.2, -0.15) is 0 Å². The molecule has 0 aromatic heterocycles. The lowest BCUT2D eigenvalue weighted by atomic mass is 9.85. The molecule has 0 nitrogen and oxygen atoms in total. The van der Waals surface area contributed by atoms with Crippen LogP contribution in [0.3, 0.4) is 0 Å². The highest BCUT2D eigenvalue weighted by Crippen LogP contribution is 2.30. The van der Waals surface area contributed by atoms with Gasteiger partial charge in [0.1, 0.15) is 0 Å². The van der Waals surface area contributed by atoms with Gasteiger partial charge in [-0.05, 0) is 31.1 Å². The van der Waals surface area contributed by atoms with E-state index in [0.29, 0.717) is 5.41 Å². The van der Waals surface area contributed by atoms with E-state index in [1.807, 2.05) is 0 Å². The molecule has 0 bridgehead atoms. The van der Waals surface area contributed by atoms with Crippen molar-refractivity contribution in [3.63, 3.8) is 0 Å². The number of hydrogen-bond acceptors (Lipinski definition) is 0. The highest BCUT2D eigenvalue weighted by molar-refractivity contribution is 4.89. The Morgan fingerprint density at radius 3 is 1.89 bits per heavy atom. The zero-order chi connectivity index (χ0) is 6.74. The second-order valence-corrected chi connectivity index (χ2v) is 3.71. The van der Waals surface area contributed by atoms with E-state index in [1.54, 1.807) is 0 Å². The lowest BCUT2D eigenvalue weighted by Gasteiger charge is -2.21. The van der Waals surface area contributed by atoms with Crippen molar-refractivity contribution in [2.24, 2.45) is 5.41 Å². The predicted octanol–water partition coefficient (Wildman–Crippen LogP) is 3.14. The number of allylic oxidation sites excluding steroid dienone is 2. The molecular weight excluding hydrogens is 108 g/mol. The van der Waals surface area contributed by atoms with Gasteiger partial charge >= 0.3 is 0 Å². The summed E-state index contributed by atoms with van der Waals surface area (Å²) in [6, 6.07) is 0. The molecule has 0 heteroatoms. The van der Waals surface area contributed by atoms with Crippen LogP contribution in [0, 0.1) is 5.41 Å². The van der Waals surface area contributed by atoms with E-state index >= 15 is 0 Å². The van der Waals surface area contributed by atoms with Crippen LogP contribution in [0.2, 0.25) is 0 Å². The van der Waals surface area contributed by atoms with E-state index in [2.05, 4.69) is 26.0 Å². The summed E-state index contributed by atoms with van der Waals surface area (Å²) in [6.07, 6.45) is 9.93. The van der Waals surface area contributed by atoms with Crippen molar-refractivity contribution in [1.29, 1.82) is 0 Å². The zero-order valence-electron chi connectivity index (χ0n) is 6.48. The Morgan fingerprint density at radius 1 is 1.00 bits per heavy atom. The van der Waals surface area contributed by atoms with Crippen molar-refractivity contribution in [3.8, 4) is 0 Å². The minimum absolute atomic E-state index is 0.601. The molecule has 0 saturated carbocycles. The molecule has 0 aromatic rings. The van der Waals surface area contributed by atoms with Crippen LogP contribution in [0.4, 0.5) is 0 Å². The minimum Gasteiger partial charge on any atom is -0.0885 e. The normalized spacial score (nSPS) is 25.6. The van der Waals surface area contributed by atoms with Gasteiger partial charge in [0.15, 0.2) is 0 Å². The van der Waals surface area contributed by atoms with Crippen molar-refractivity contribution < 1.29 is 0 Å². The molecule has 0 atom stereocenters. The van der Waals surface area contributed by atoms with Gasteiger partial charge in [0.05, 0.1) is 0 Å². The van der Waals surface area contributed by atoms with Crippen LogP contribution in [-0.2, 0) is 0 Å². The highest BCUT2D eigenvalue weighted by atomic mass is 14.2. The Balaban J connectivity index is 2.44. The van der Waals surface area contributed by atoms with Crippen LogP contribution < -0.4 is 0 Å². The standard InChI is InChI=1S/C9H16/c1-9(2)7-5-3-4-6-8-9/h3-4H,5-8H2,1-2H3. The van der Waals surface area contributed by atoms with Crippen LogP contribution in [0.15, 0.2) is 12.2 Å². The van der Waals surface area contributed by atoms with Crippen LogP contribution in [0.25, 0.3) is 0 Å². The maximum absolute atomic E-state index is 2.36. The molecule has 9 heavy (non-hydrogen) atoms. The van der Waals surface area contributed by atoms with Gasteiger partial charge in [-0.25, -0.2) is 0 Å². The molecule has 0 N–H and O–H groups in total. The molecule has 0 aliphatic heterocycles.